The van der Waals surface area contributed by atoms with Gasteiger partial charge < -0.3 is 14.6 Å². The Morgan fingerprint density at radius 1 is 1.39 bits per heavy atom. The fraction of sp³-hybridized carbons (Fsp3) is 0.500. The van der Waals surface area contributed by atoms with Gasteiger partial charge in [-0.3, -0.25) is 4.79 Å². The van der Waals surface area contributed by atoms with Gasteiger partial charge in [0.05, 0.1) is 26.9 Å². The van der Waals surface area contributed by atoms with Crippen LogP contribution in [0.3, 0.4) is 0 Å². The molecule has 0 aliphatic carbocycles. The molecule has 0 spiro atoms. The molecule has 1 heterocycles. The van der Waals surface area contributed by atoms with Gasteiger partial charge in [-0.25, -0.2) is 0 Å². The zero-order valence-electron chi connectivity index (χ0n) is 10.9. The SMILES string of the molecule is COc1ccc(C(=O)C2(CO)COC2)c(C)c1C. The number of benzene rings is 1. The van der Waals surface area contributed by atoms with Crippen LogP contribution in [-0.2, 0) is 4.74 Å². The van der Waals surface area contributed by atoms with Gasteiger partial charge in [0.1, 0.15) is 11.2 Å². The quantitative estimate of drug-likeness (QED) is 0.823. The van der Waals surface area contributed by atoms with Crippen molar-refractivity contribution < 1.29 is 19.4 Å². The van der Waals surface area contributed by atoms with E-state index in [4.69, 9.17) is 9.47 Å². The number of hydrogen-bond donors (Lipinski definition) is 1. The Morgan fingerprint density at radius 2 is 2.06 bits per heavy atom. The molecule has 1 aromatic carbocycles. The second-order valence-corrected chi connectivity index (χ2v) is 4.83. The molecule has 0 aromatic heterocycles. The topological polar surface area (TPSA) is 55.8 Å². The highest BCUT2D eigenvalue weighted by atomic mass is 16.5. The Balaban J connectivity index is 2.40. The zero-order chi connectivity index (χ0) is 13.3. The highest BCUT2D eigenvalue weighted by molar-refractivity contribution is 6.03. The van der Waals surface area contributed by atoms with Gasteiger partial charge in [-0.05, 0) is 37.1 Å². The molecule has 2 rings (SSSR count). The van der Waals surface area contributed by atoms with Crippen molar-refractivity contribution in [3.8, 4) is 5.75 Å². The minimum absolute atomic E-state index is 0.0421. The lowest BCUT2D eigenvalue weighted by molar-refractivity contribution is -0.109. The standard InChI is InChI=1S/C14H18O4/c1-9-10(2)12(17-3)5-4-11(9)13(16)14(6-15)7-18-8-14/h4-5,15H,6-8H2,1-3H3. The van der Waals surface area contributed by atoms with Crippen LogP contribution in [0.2, 0.25) is 0 Å². The summed E-state index contributed by atoms with van der Waals surface area (Å²) in [5.41, 5.74) is 1.76. The van der Waals surface area contributed by atoms with E-state index in [1.54, 1.807) is 19.2 Å². The maximum absolute atomic E-state index is 12.5. The maximum Gasteiger partial charge on any atom is 0.176 e. The molecule has 0 saturated carbocycles. The zero-order valence-corrected chi connectivity index (χ0v) is 10.9. The summed E-state index contributed by atoms with van der Waals surface area (Å²) < 4.78 is 10.3. The number of aliphatic hydroxyl groups is 1. The first kappa shape index (κ1) is 13.1. The Labute approximate surface area is 107 Å². The van der Waals surface area contributed by atoms with Crippen molar-refractivity contribution in [2.24, 2.45) is 5.41 Å². The highest BCUT2D eigenvalue weighted by Crippen LogP contribution is 2.34. The monoisotopic (exact) mass is 250 g/mol. The Bertz CT molecular complexity index is 469. The van der Waals surface area contributed by atoms with Crippen LogP contribution in [0.25, 0.3) is 0 Å². The number of Topliss-reactive ketones (excluding diaryl/α,β-unsaturated/α-hetero) is 1. The molecule has 0 amide bonds. The van der Waals surface area contributed by atoms with Crippen molar-refractivity contribution in [2.45, 2.75) is 13.8 Å². The van der Waals surface area contributed by atoms with Crippen LogP contribution in [-0.4, -0.2) is 37.8 Å². The highest BCUT2D eigenvalue weighted by Gasteiger charge is 2.46. The van der Waals surface area contributed by atoms with Crippen molar-refractivity contribution >= 4 is 5.78 Å². The van der Waals surface area contributed by atoms with Crippen molar-refractivity contribution in [3.63, 3.8) is 0 Å². The molecule has 1 aliphatic rings. The first-order chi connectivity index (χ1) is 8.55. The fourth-order valence-electron chi connectivity index (χ4n) is 2.19. The number of carbonyl (C=O) groups is 1. The molecule has 0 atom stereocenters. The second-order valence-electron chi connectivity index (χ2n) is 4.83. The van der Waals surface area contributed by atoms with Crippen LogP contribution in [0, 0.1) is 19.3 Å². The largest absolute Gasteiger partial charge is 0.496 e. The molecule has 1 aliphatic heterocycles. The number of hydrogen-bond acceptors (Lipinski definition) is 4. The van der Waals surface area contributed by atoms with Gasteiger partial charge in [0.2, 0.25) is 0 Å². The lowest BCUT2D eigenvalue weighted by Crippen LogP contribution is -2.52. The minimum Gasteiger partial charge on any atom is -0.496 e. The van der Waals surface area contributed by atoms with Gasteiger partial charge in [-0.2, -0.15) is 0 Å². The molecular weight excluding hydrogens is 232 g/mol. The number of ether oxygens (including phenoxy) is 2. The van der Waals surface area contributed by atoms with E-state index in [1.165, 1.54) is 0 Å². The number of rotatable bonds is 4. The summed E-state index contributed by atoms with van der Waals surface area (Å²) in [6, 6.07) is 3.55. The van der Waals surface area contributed by atoms with E-state index >= 15 is 0 Å². The third-order valence-electron chi connectivity index (χ3n) is 3.74. The van der Waals surface area contributed by atoms with Crippen molar-refractivity contribution in [3.05, 3.63) is 28.8 Å². The minimum atomic E-state index is -0.744. The number of methoxy groups -OCH3 is 1. The summed E-state index contributed by atoms with van der Waals surface area (Å²) in [6.45, 7) is 4.25. The number of ketones is 1. The number of carbonyl (C=O) groups excluding carboxylic acids is 1. The van der Waals surface area contributed by atoms with E-state index in [9.17, 15) is 9.90 Å². The van der Waals surface area contributed by atoms with Gasteiger partial charge in [-0.15, -0.1) is 0 Å². The summed E-state index contributed by atoms with van der Waals surface area (Å²) >= 11 is 0. The van der Waals surface area contributed by atoms with E-state index in [0.29, 0.717) is 18.8 Å². The average molecular weight is 250 g/mol. The predicted molar refractivity (Wildman–Crippen MR) is 67.1 cm³/mol. The van der Waals surface area contributed by atoms with Crippen LogP contribution >= 0.6 is 0 Å². The molecule has 4 heteroatoms. The van der Waals surface area contributed by atoms with Gasteiger partial charge in [0, 0.05) is 5.56 Å². The lowest BCUT2D eigenvalue weighted by atomic mass is 9.78. The molecule has 98 valence electrons. The fourth-order valence-corrected chi connectivity index (χ4v) is 2.19. The predicted octanol–water partition coefficient (Wildman–Crippen LogP) is 1.50. The molecule has 1 fully saturated rings. The van der Waals surface area contributed by atoms with E-state index in [1.807, 2.05) is 13.8 Å². The summed E-state index contributed by atoms with van der Waals surface area (Å²) in [5, 5.41) is 9.40. The Morgan fingerprint density at radius 3 is 2.50 bits per heavy atom. The van der Waals surface area contributed by atoms with E-state index < -0.39 is 5.41 Å². The summed E-state index contributed by atoms with van der Waals surface area (Å²) in [5.74, 6) is 0.728. The van der Waals surface area contributed by atoms with Gasteiger partial charge in [0.25, 0.3) is 0 Å². The van der Waals surface area contributed by atoms with Crippen LogP contribution < -0.4 is 4.74 Å². The maximum atomic E-state index is 12.5. The molecule has 4 nitrogen and oxygen atoms in total. The molecular formula is C14H18O4. The van der Waals surface area contributed by atoms with Crippen LogP contribution in [0.5, 0.6) is 5.75 Å². The van der Waals surface area contributed by atoms with Gasteiger partial charge in [0.15, 0.2) is 5.78 Å². The summed E-state index contributed by atoms with van der Waals surface area (Å²) in [6.07, 6.45) is 0. The van der Waals surface area contributed by atoms with Crippen molar-refractivity contribution in [2.75, 3.05) is 26.9 Å². The van der Waals surface area contributed by atoms with E-state index in [2.05, 4.69) is 0 Å². The molecule has 1 N–H and O–H groups in total. The van der Waals surface area contributed by atoms with Gasteiger partial charge in [-0.1, -0.05) is 0 Å². The number of aliphatic hydroxyl groups excluding tert-OH is 1. The van der Waals surface area contributed by atoms with Crippen LogP contribution in [0.15, 0.2) is 12.1 Å². The molecule has 1 saturated heterocycles. The third kappa shape index (κ3) is 1.82. The molecule has 0 unspecified atom stereocenters. The smallest absolute Gasteiger partial charge is 0.176 e. The van der Waals surface area contributed by atoms with Crippen LogP contribution in [0.1, 0.15) is 21.5 Å². The normalized spacial score (nSPS) is 17.1. The van der Waals surface area contributed by atoms with Gasteiger partial charge >= 0.3 is 0 Å². The molecule has 1 aromatic rings. The first-order valence-electron chi connectivity index (χ1n) is 5.93. The summed E-state index contributed by atoms with van der Waals surface area (Å²) in [7, 11) is 1.61. The Kier molecular flexibility index (Phi) is 3.41. The summed E-state index contributed by atoms with van der Waals surface area (Å²) in [4.78, 5) is 12.5. The van der Waals surface area contributed by atoms with E-state index in [-0.39, 0.29) is 12.4 Å². The third-order valence-corrected chi connectivity index (χ3v) is 3.74. The second kappa shape index (κ2) is 4.71. The lowest BCUT2D eigenvalue weighted by Gasteiger charge is -2.38. The van der Waals surface area contributed by atoms with E-state index in [0.717, 1.165) is 16.9 Å². The van der Waals surface area contributed by atoms with Crippen LogP contribution in [0.4, 0.5) is 0 Å². The first-order valence-corrected chi connectivity index (χ1v) is 5.93. The molecule has 0 radical (unpaired) electrons. The average Bonchev–Trinajstić information content (AvgIpc) is 2.31. The van der Waals surface area contributed by atoms with Crippen molar-refractivity contribution in [1.29, 1.82) is 0 Å². The molecule has 18 heavy (non-hydrogen) atoms. The Hall–Kier alpha value is -1.39. The van der Waals surface area contributed by atoms with Crippen molar-refractivity contribution in [1.82, 2.24) is 0 Å². The molecule has 0 bridgehead atoms.